The van der Waals surface area contributed by atoms with E-state index in [0.717, 1.165) is 11.3 Å². The second-order valence-electron chi connectivity index (χ2n) is 5.50. The minimum Gasteiger partial charge on any atom is -0.366 e. The van der Waals surface area contributed by atoms with Gasteiger partial charge in [0, 0.05) is 24.4 Å². The average molecular weight is 345 g/mol. The van der Waals surface area contributed by atoms with Crippen molar-refractivity contribution in [2.45, 2.75) is 6.54 Å². The van der Waals surface area contributed by atoms with Crippen LogP contribution in [0.5, 0.6) is 0 Å². The molecule has 0 aliphatic carbocycles. The first-order valence-electron chi connectivity index (χ1n) is 8.23. The van der Waals surface area contributed by atoms with Gasteiger partial charge in [0.1, 0.15) is 11.5 Å². The van der Waals surface area contributed by atoms with Gasteiger partial charge in [-0.25, -0.2) is 9.97 Å². The van der Waals surface area contributed by atoms with Crippen LogP contribution >= 0.6 is 0 Å². The van der Waals surface area contributed by atoms with Crippen molar-refractivity contribution in [3.8, 4) is 11.4 Å². The first-order valence-corrected chi connectivity index (χ1v) is 8.23. The van der Waals surface area contributed by atoms with E-state index < -0.39 is 0 Å². The Balaban J connectivity index is 1.84. The Morgan fingerprint density at radius 1 is 1.08 bits per heavy atom. The largest absolute Gasteiger partial charge is 0.366 e. The number of pyridine rings is 1. The Bertz CT molecular complexity index is 881. The van der Waals surface area contributed by atoms with Gasteiger partial charge in [0.15, 0.2) is 5.82 Å². The van der Waals surface area contributed by atoms with Crippen molar-refractivity contribution in [1.29, 1.82) is 0 Å². The van der Waals surface area contributed by atoms with Gasteiger partial charge >= 0.3 is 0 Å². The summed E-state index contributed by atoms with van der Waals surface area (Å²) in [7, 11) is 0. The summed E-state index contributed by atoms with van der Waals surface area (Å²) in [4.78, 5) is 25.6. The van der Waals surface area contributed by atoms with E-state index >= 15 is 0 Å². The van der Waals surface area contributed by atoms with Crippen LogP contribution in [0.4, 0.5) is 5.82 Å². The maximum atomic E-state index is 12.6. The zero-order valence-electron chi connectivity index (χ0n) is 14.2. The fourth-order valence-corrected chi connectivity index (χ4v) is 2.31. The van der Waals surface area contributed by atoms with Crippen molar-refractivity contribution in [2.24, 2.45) is 0 Å². The number of benzene rings is 1. The van der Waals surface area contributed by atoms with Crippen molar-refractivity contribution in [3.63, 3.8) is 0 Å². The summed E-state index contributed by atoms with van der Waals surface area (Å²) in [6.45, 7) is 4.56. The molecule has 1 aromatic carbocycles. The summed E-state index contributed by atoms with van der Waals surface area (Å²) in [6.07, 6.45) is 3.42. The number of hydrogen-bond donors (Lipinski definition) is 2. The molecule has 0 atom stereocenters. The van der Waals surface area contributed by atoms with Crippen molar-refractivity contribution in [2.75, 3.05) is 11.9 Å². The van der Waals surface area contributed by atoms with Gasteiger partial charge in [-0.05, 0) is 12.1 Å². The highest BCUT2D eigenvalue weighted by Crippen LogP contribution is 2.18. The lowest BCUT2D eigenvalue weighted by molar-refractivity contribution is 0.0945. The third-order valence-corrected chi connectivity index (χ3v) is 3.57. The highest BCUT2D eigenvalue weighted by molar-refractivity contribution is 5.93. The molecule has 0 radical (unpaired) electrons. The smallest absolute Gasteiger partial charge is 0.270 e. The highest BCUT2D eigenvalue weighted by atomic mass is 16.1. The molecular formula is C20H19N5O. The lowest BCUT2D eigenvalue weighted by Gasteiger charge is -2.10. The molecule has 0 fully saturated rings. The summed E-state index contributed by atoms with van der Waals surface area (Å²) in [5.74, 6) is 0.779. The monoisotopic (exact) mass is 345 g/mol. The van der Waals surface area contributed by atoms with E-state index in [2.05, 4.69) is 32.2 Å². The molecule has 6 heteroatoms. The molecule has 6 nitrogen and oxygen atoms in total. The van der Waals surface area contributed by atoms with Gasteiger partial charge in [-0.2, -0.15) is 0 Å². The van der Waals surface area contributed by atoms with Gasteiger partial charge in [-0.3, -0.25) is 9.78 Å². The maximum absolute atomic E-state index is 12.6. The molecule has 2 N–H and O–H groups in total. The molecule has 2 heterocycles. The van der Waals surface area contributed by atoms with E-state index in [1.165, 1.54) is 0 Å². The molecule has 130 valence electrons. The van der Waals surface area contributed by atoms with E-state index in [1.807, 2.05) is 48.5 Å². The van der Waals surface area contributed by atoms with Crippen LogP contribution in [0, 0.1) is 0 Å². The summed E-state index contributed by atoms with van der Waals surface area (Å²) >= 11 is 0. The van der Waals surface area contributed by atoms with Crippen molar-refractivity contribution < 1.29 is 4.79 Å². The number of rotatable bonds is 7. The predicted octanol–water partition coefficient (Wildman–Crippen LogP) is 3.07. The SMILES string of the molecule is C=CCNc1cc(C(=O)NCc2ccccn2)nc(-c2ccccc2)n1. The second kappa shape index (κ2) is 8.53. The lowest BCUT2D eigenvalue weighted by Crippen LogP contribution is -2.25. The molecule has 0 saturated heterocycles. The maximum Gasteiger partial charge on any atom is 0.270 e. The Kier molecular flexibility index (Phi) is 5.67. The van der Waals surface area contributed by atoms with Crippen LogP contribution in [0.15, 0.2) is 73.4 Å². The molecule has 26 heavy (non-hydrogen) atoms. The normalized spacial score (nSPS) is 10.2. The molecule has 3 aromatic rings. The van der Waals surface area contributed by atoms with Crippen LogP contribution in [0.3, 0.4) is 0 Å². The number of carbonyl (C=O) groups is 1. The van der Waals surface area contributed by atoms with Crippen molar-refractivity contribution >= 4 is 11.7 Å². The van der Waals surface area contributed by atoms with Crippen LogP contribution in [-0.2, 0) is 6.54 Å². The van der Waals surface area contributed by atoms with E-state index in [9.17, 15) is 4.79 Å². The third kappa shape index (κ3) is 4.51. The minimum absolute atomic E-state index is 0.281. The van der Waals surface area contributed by atoms with Gasteiger partial charge in [0.05, 0.1) is 12.2 Å². The van der Waals surface area contributed by atoms with Crippen molar-refractivity contribution in [1.82, 2.24) is 20.3 Å². The quantitative estimate of drug-likeness (QED) is 0.643. The number of aromatic nitrogens is 3. The zero-order valence-corrected chi connectivity index (χ0v) is 14.2. The molecule has 0 aliphatic rings. The molecule has 1 amide bonds. The minimum atomic E-state index is -0.281. The Morgan fingerprint density at radius 3 is 2.62 bits per heavy atom. The molecule has 3 rings (SSSR count). The van der Waals surface area contributed by atoms with Gasteiger partial charge in [-0.1, -0.05) is 42.5 Å². The van der Waals surface area contributed by atoms with Crippen LogP contribution < -0.4 is 10.6 Å². The number of carbonyl (C=O) groups excluding carboxylic acids is 1. The standard InChI is InChI=1S/C20H19N5O/c1-2-11-22-18-13-17(20(26)23-14-16-10-6-7-12-21-16)24-19(25-18)15-8-4-3-5-9-15/h2-10,12-13H,1,11,14H2,(H,23,26)(H,22,24,25). The molecule has 0 unspecified atom stereocenters. The van der Waals surface area contributed by atoms with E-state index in [1.54, 1.807) is 18.3 Å². The number of amides is 1. The summed E-state index contributed by atoms with van der Waals surface area (Å²) < 4.78 is 0. The zero-order chi connectivity index (χ0) is 18.2. The predicted molar refractivity (Wildman–Crippen MR) is 102 cm³/mol. The second-order valence-corrected chi connectivity index (χ2v) is 5.50. The van der Waals surface area contributed by atoms with E-state index in [4.69, 9.17) is 0 Å². The van der Waals surface area contributed by atoms with Crippen LogP contribution in [0.2, 0.25) is 0 Å². The summed E-state index contributed by atoms with van der Waals surface area (Å²) in [5, 5.41) is 5.95. The molecule has 0 aliphatic heterocycles. The van der Waals surface area contributed by atoms with Crippen LogP contribution in [-0.4, -0.2) is 27.4 Å². The fourth-order valence-electron chi connectivity index (χ4n) is 2.31. The third-order valence-electron chi connectivity index (χ3n) is 3.57. The topological polar surface area (TPSA) is 79.8 Å². The summed E-state index contributed by atoms with van der Waals surface area (Å²) in [6, 6.07) is 16.7. The number of anilines is 1. The molecule has 0 bridgehead atoms. The van der Waals surface area contributed by atoms with Crippen LogP contribution in [0.1, 0.15) is 16.2 Å². The Hall–Kier alpha value is -3.54. The Labute approximate surface area is 152 Å². The van der Waals surface area contributed by atoms with Crippen LogP contribution in [0.25, 0.3) is 11.4 Å². The molecule has 2 aromatic heterocycles. The van der Waals surface area contributed by atoms with Gasteiger partial charge in [0.2, 0.25) is 0 Å². The number of nitrogens with one attached hydrogen (secondary N) is 2. The first-order chi connectivity index (χ1) is 12.8. The summed E-state index contributed by atoms with van der Waals surface area (Å²) in [5.41, 5.74) is 1.91. The lowest BCUT2D eigenvalue weighted by atomic mass is 10.2. The molecule has 0 saturated carbocycles. The molecule has 0 spiro atoms. The van der Waals surface area contributed by atoms with Gasteiger partial charge < -0.3 is 10.6 Å². The van der Waals surface area contributed by atoms with Crippen molar-refractivity contribution in [3.05, 3.63) is 84.8 Å². The number of hydrogen-bond acceptors (Lipinski definition) is 5. The molecular weight excluding hydrogens is 326 g/mol. The van der Waals surface area contributed by atoms with Gasteiger partial charge in [-0.15, -0.1) is 6.58 Å². The average Bonchev–Trinajstić information content (AvgIpc) is 2.71. The highest BCUT2D eigenvalue weighted by Gasteiger charge is 2.13. The van der Waals surface area contributed by atoms with Gasteiger partial charge in [0.25, 0.3) is 5.91 Å². The van der Waals surface area contributed by atoms with E-state index in [0.29, 0.717) is 30.4 Å². The number of nitrogens with zero attached hydrogens (tertiary/aromatic N) is 3. The van der Waals surface area contributed by atoms with E-state index in [-0.39, 0.29) is 5.91 Å². The first kappa shape index (κ1) is 17.3. The fraction of sp³-hybridized carbons (Fsp3) is 0.100. The Morgan fingerprint density at radius 2 is 1.88 bits per heavy atom.